The Morgan fingerprint density at radius 2 is 2.06 bits per heavy atom. The number of anilines is 1. The third-order valence-electron chi connectivity index (χ3n) is 4.18. The summed E-state index contributed by atoms with van der Waals surface area (Å²) in [6.07, 6.45) is 6.21. The van der Waals surface area contributed by atoms with Crippen molar-refractivity contribution in [3.8, 4) is 0 Å². The van der Waals surface area contributed by atoms with Gasteiger partial charge in [-0.25, -0.2) is 0 Å². The zero-order valence-corrected chi connectivity index (χ0v) is 11.6. The van der Waals surface area contributed by atoms with Crippen molar-refractivity contribution in [1.29, 1.82) is 0 Å². The lowest BCUT2D eigenvalue weighted by atomic mass is 9.86. The van der Waals surface area contributed by atoms with Gasteiger partial charge >= 0.3 is 0 Å². The Labute approximate surface area is 114 Å². The van der Waals surface area contributed by atoms with E-state index in [1.807, 2.05) is 11.8 Å². The molecule has 1 fully saturated rings. The number of benzene rings is 1. The highest BCUT2D eigenvalue weighted by atomic mass is 32.2. The number of hydrogen-bond acceptors (Lipinski definition) is 3. The second-order valence-corrected chi connectivity index (χ2v) is 6.72. The largest absolute Gasteiger partial charge is 0.385 e. The fourth-order valence-corrected chi connectivity index (χ4v) is 4.00. The number of aryl methyl sites for hydroxylation is 1. The van der Waals surface area contributed by atoms with E-state index in [0.29, 0.717) is 6.04 Å². The van der Waals surface area contributed by atoms with Gasteiger partial charge < -0.3 is 11.1 Å². The molecular weight excluding hydrogens is 240 g/mol. The minimum atomic E-state index is 0.457. The predicted molar refractivity (Wildman–Crippen MR) is 79.3 cm³/mol. The average molecular weight is 262 g/mol. The van der Waals surface area contributed by atoms with E-state index < -0.39 is 0 Å². The molecule has 1 aromatic carbocycles. The quantitative estimate of drug-likeness (QED) is 0.878. The number of thioether (sulfide) groups is 1. The lowest BCUT2D eigenvalue weighted by Gasteiger charge is -2.26. The van der Waals surface area contributed by atoms with Gasteiger partial charge in [0.15, 0.2) is 0 Å². The molecule has 1 aliphatic heterocycles. The summed E-state index contributed by atoms with van der Waals surface area (Å²) in [6, 6.07) is 7.29. The van der Waals surface area contributed by atoms with E-state index in [-0.39, 0.29) is 0 Å². The molecule has 0 spiro atoms. The van der Waals surface area contributed by atoms with Crippen LogP contribution in [0.3, 0.4) is 0 Å². The van der Waals surface area contributed by atoms with Gasteiger partial charge in [0.2, 0.25) is 0 Å². The highest BCUT2D eigenvalue weighted by Crippen LogP contribution is 2.33. The van der Waals surface area contributed by atoms with Crippen LogP contribution in [-0.2, 0) is 6.42 Å². The summed E-state index contributed by atoms with van der Waals surface area (Å²) in [7, 11) is 0. The summed E-state index contributed by atoms with van der Waals surface area (Å²) in [5.41, 5.74) is 8.76. The predicted octanol–water partition coefficient (Wildman–Crippen LogP) is 3.26. The van der Waals surface area contributed by atoms with Crippen molar-refractivity contribution in [2.45, 2.75) is 43.0 Å². The van der Waals surface area contributed by atoms with Crippen LogP contribution in [0.1, 0.15) is 31.2 Å². The Kier molecular flexibility index (Phi) is 3.80. The van der Waals surface area contributed by atoms with Crippen molar-refractivity contribution in [1.82, 2.24) is 0 Å². The first-order valence-electron chi connectivity index (χ1n) is 7.06. The van der Waals surface area contributed by atoms with Gasteiger partial charge in [-0.05, 0) is 61.8 Å². The van der Waals surface area contributed by atoms with E-state index in [0.717, 1.165) is 12.5 Å². The van der Waals surface area contributed by atoms with E-state index in [2.05, 4.69) is 23.5 Å². The summed E-state index contributed by atoms with van der Waals surface area (Å²) in [6.45, 7) is 1.11. The topological polar surface area (TPSA) is 38.0 Å². The monoisotopic (exact) mass is 262 g/mol. The summed E-state index contributed by atoms with van der Waals surface area (Å²) >= 11 is 1.98. The number of hydrogen-bond donors (Lipinski definition) is 2. The van der Waals surface area contributed by atoms with Crippen LogP contribution in [0, 0.1) is 5.92 Å². The maximum Gasteiger partial charge on any atom is 0.0343 e. The standard InChI is InChI=1S/C15H22N2S/c16-13-3-1-11(2-4-13)10-17-14-5-6-15-12(9-14)7-8-18-15/h5-6,9,11,13,17H,1-4,7-8,10,16H2. The van der Waals surface area contributed by atoms with Crippen LogP contribution in [0.15, 0.2) is 23.1 Å². The third-order valence-corrected chi connectivity index (χ3v) is 5.29. The first kappa shape index (κ1) is 12.4. The van der Waals surface area contributed by atoms with Crippen molar-refractivity contribution in [3.05, 3.63) is 23.8 Å². The summed E-state index contributed by atoms with van der Waals surface area (Å²) < 4.78 is 0. The molecular formula is C15H22N2S. The Hall–Kier alpha value is -0.670. The minimum Gasteiger partial charge on any atom is -0.385 e. The summed E-state index contributed by atoms with van der Waals surface area (Å²) in [5, 5.41) is 3.61. The molecule has 0 saturated heterocycles. The molecule has 0 atom stereocenters. The van der Waals surface area contributed by atoms with Gasteiger partial charge in [-0.15, -0.1) is 11.8 Å². The first-order chi connectivity index (χ1) is 8.81. The second kappa shape index (κ2) is 5.54. The summed E-state index contributed by atoms with van der Waals surface area (Å²) in [5.74, 6) is 2.06. The first-order valence-corrected chi connectivity index (χ1v) is 8.05. The van der Waals surface area contributed by atoms with E-state index >= 15 is 0 Å². The van der Waals surface area contributed by atoms with Gasteiger partial charge in [0.1, 0.15) is 0 Å². The molecule has 98 valence electrons. The minimum absolute atomic E-state index is 0.457. The van der Waals surface area contributed by atoms with Crippen molar-refractivity contribution in [2.24, 2.45) is 11.7 Å². The van der Waals surface area contributed by atoms with E-state index in [9.17, 15) is 0 Å². The molecule has 0 unspecified atom stereocenters. The van der Waals surface area contributed by atoms with Crippen molar-refractivity contribution in [3.63, 3.8) is 0 Å². The molecule has 1 aromatic rings. The van der Waals surface area contributed by atoms with Crippen molar-refractivity contribution >= 4 is 17.4 Å². The lowest BCUT2D eigenvalue weighted by molar-refractivity contribution is 0.339. The second-order valence-electron chi connectivity index (χ2n) is 5.58. The Balaban J connectivity index is 1.54. The molecule has 0 aromatic heterocycles. The molecule has 1 saturated carbocycles. The smallest absolute Gasteiger partial charge is 0.0343 e. The number of rotatable bonds is 3. The van der Waals surface area contributed by atoms with Gasteiger partial charge in [-0.3, -0.25) is 0 Å². The van der Waals surface area contributed by atoms with Crippen LogP contribution >= 0.6 is 11.8 Å². The molecule has 0 radical (unpaired) electrons. The Morgan fingerprint density at radius 3 is 2.89 bits per heavy atom. The van der Waals surface area contributed by atoms with Crippen molar-refractivity contribution in [2.75, 3.05) is 17.6 Å². The van der Waals surface area contributed by atoms with Crippen molar-refractivity contribution < 1.29 is 0 Å². The molecule has 1 heterocycles. The maximum absolute atomic E-state index is 5.94. The lowest BCUT2D eigenvalue weighted by Crippen LogP contribution is -2.29. The van der Waals surface area contributed by atoms with Crippen LogP contribution in [0.5, 0.6) is 0 Å². The van der Waals surface area contributed by atoms with E-state index in [4.69, 9.17) is 5.73 Å². The fourth-order valence-electron chi connectivity index (χ4n) is 2.95. The van der Waals surface area contributed by atoms with Gasteiger partial charge in [0, 0.05) is 28.9 Å². The SMILES string of the molecule is NC1CCC(CNc2ccc3c(c2)CCS3)CC1. The Morgan fingerprint density at radius 1 is 1.22 bits per heavy atom. The summed E-state index contributed by atoms with van der Waals surface area (Å²) in [4.78, 5) is 1.48. The highest BCUT2D eigenvalue weighted by Gasteiger charge is 2.18. The normalized spacial score (nSPS) is 26.9. The fraction of sp³-hybridized carbons (Fsp3) is 0.600. The van der Waals surface area contributed by atoms with Crippen LogP contribution in [0.25, 0.3) is 0 Å². The van der Waals surface area contributed by atoms with Crippen LogP contribution < -0.4 is 11.1 Å². The van der Waals surface area contributed by atoms with E-state index in [1.54, 1.807) is 0 Å². The van der Waals surface area contributed by atoms with Crippen LogP contribution in [-0.4, -0.2) is 18.3 Å². The molecule has 18 heavy (non-hydrogen) atoms. The number of fused-ring (bicyclic) bond motifs is 1. The molecule has 1 aliphatic carbocycles. The molecule has 3 rings (SSSR count). The highest BCUT2D eigenvalue weighted by molar-refractivity contribution is 7.99. The number of nitrogens with one attached hydrogen (secondary N) is 1. The van der Waals surface area contributed by atoms with Crippen LogP contribution in [0.4, 0.5) is 5.69 Å². The molecule has 0 bridgehead atoms. The van der Waals surface area contributed by atoms with Gasteiger partial charge in [0.05, 0.1) is 0 Å². The number of nitrogens with two attached hydrogens (primary N) is 1. The maximum atomic E-state index is 5.94. The molecule has 3 heteroatoms. The van der Waals surface area contributed by atoms with Gasteiger partial charge in [-0.2, -0.15) is 0 Å². The molecule has 0 amide bonds. The zero-order valence-electron chi connectivity index (χ0n) is 10.8. The van der Waals surface area contributed by atoms with Gasteiger partial charge in [0.25, 0.3) is 0 Å². The average Bonchev–Trinajstić information content (AvgIpc) is 2.85. The Bertz CT molecular complexity index is 411. The molecule has 3 N–H and O–H groups in total. The van der Waals surface area contributed by atoms with E-state index in [1.165, 1.54) is 54.0 Å². The molecule has 2 nitrogen and oxygen atoms in total. The third kappa shape index (κ3) is 2.83. The molecule has 2 aliphatic rings. The van der Waals surface area contributed by atoms with Crippen LogP contribution in [0.2, 0.25) is 0 Å². The zero-order chi connectivity index (χ0) is 12.4. The van der Waals surface area contributed by atoms with Gasteiger partial charge in [-0.1, -0.05) is 0 Å².